The van der Waals surface area contributed by atoms with Crippen molar-refractivity contribution < 1.29 is 17.9 Å². The highest BCUT2D eigenvalue weighted by atomic mass is 32.2. The summed E-state index contributed by atoms with van der Waals surface area (Å²) in [4.78, 5) is 11.1. The van der Waals surface area contributed by atoms with Gasteiger partial charge in [-0.1, -0.05) is 0 Å². The Kier molecular flexibility index (Phi) is 4.51. The van der Waals surface area contributed by atoms with Gasteiger partial charge in [0.15, 0.2) is 0 Å². The minimum absolute atomic E-state index is 0.206. The molecule has 0 radical (unpaired) electrons. The number of nitrogens with one attached hydrogen (secondary N) is 1. The van der Waals surface area contributed by atoms with Gasteiger partial charge in [0, 0.05) is 19.1 Å². The van der Waals surface area contributed by atoms with Gasteiger partial charge in [0.05, 0.1) is 6.61 Å². The maximum absolute atomic E-state index is 11.1. The van der Waals surface area contributed by atoms with Crippen molar-refractivity contribution in [3.63, 3.8) is 0 Å². The van der Waals surface area contributed by atoms with E-state index in [2.05, 4.69) is 5.32 Å². The van der Waals surface area contributed by atoms with Gasteiger partial charge in [0.25, 0.3) is 10.2 Å². The van der Waals surface area contributed by atoms with Crippen LogP contribution in [-0.2, 0) is 14.9 Å². The molecule has 1 amide bonds. The molecule has 8 heteroatoms. The van der Waals surface area contributed by atoms with Crippen LogP contribution < -0.4 is 10.5 Å². The van der Waals surface area contributed by atoms with E-state index in [1.165, 1.54) is 0 Å². The largest absolute Gasteiger partial charge is 0.450 e. The van der Waals surface area contributed by atoms with Gasteiger partial charge in [-0.3, -0.25) is 0 Å². The molecule has 3 N–H and O–H groups in total. The van der Waals surface area contributed by atoms with Gasteiger partial charge in [-0.05, 0) is 19.8 Å². The summed E-state index contributed by atoms with van der Waals surface area (Å²) in [5.74, 6) is 0. The summed E-state index contributed by atoms with van der Waals surface area (Å²) < 4.78 is 28.1. The van der Waals surface area contributed by atoms with Gasteiger partial charge in [-0.15, -0.1) is 0 Å². The van der Waals surface area contributed by atoms with Crippen LogP contribution in [0, 0.1) is 0 Å². The van der Waals surface area contributed by atoms with E-state index >= 15 is 0 Å². The van der Waals surface area contributed by atoms with Gasteiger partial charge in [0.1, 0.15) is 0 Å². The van der Waals surface area contributed by atoms with Crippen molar-refractivity contribution in [3.8, 4) is 0 Å². The lowest BCUT2D eigenvalue weighted by Gasteiger charge is -2.30. The fraction of sp³-hybridized carbons (Fsp3) is 0.875. The SMILES string of the molecule is CCOC(=O)NC1CCCN(S(N)(=O)=O)C1. The number of rotatable bonds is 3. The Bertz CT molecular complexity index is 343. The van der Waals surface area contributed by atoms with E-state index in [1.807, 2.05) is 0 Å². The average Bonchev–Trinajstić information content (AvgIpc) is 2.17. The summed E-state index contributed by atoms with van der Waals surface area (Å²) in [5.41, 5.74) is 0. The van der Waals surface area contributed by atoms with Crippen molar-refractivity contribution in [1.29, 1.82) is 0 Å². The summed E-state index contributed by atoms with van der Waals surface area (Å²) in [5, 5.41) is 7.62. The molecule has 0 aromatic rings. The van der Waals surface area contributed by atoms with E-state index in [4.69, 9.17) is 9.88 Å². The van der Waals surface area contributed by atoms with Crippen molar-refractivity contribution >= 4 is 16.3 Å². The molecule has 0 aromatic carbocycles. The molecule has 0 aromatic heterocycles. The molecular weight excluding hydrogens is 234 g/mol. The predicted molar refractivity (Wildman–Crippen MR) is 57.9 cm³/mol. The maximum Gasteiger partial charge on any atom is 0.407 e. The lowest BCUT2D eigenvalue weighted by Crippen LogP contribution is -2.51. The Balaban J connectivity index is 2.48. The molecule has 1 saturated heterocycles. The highest BCUT2D eigenvalue weighted by Gasteiger charge is 2.27. The number of piperidine rings is 1. The minimum Gasteiger partial charge on any atom is -0.450 e. The molecule has 1 aliphatic heterocycles. The molecule has 1 fully saturated rings. The Hall–Kier alpha value is -0.860. The molecule has 7 nitrogen and oxygen atoms in total. The molecule has 0 aliphatic carbocycles. The topological polar surface area (TPSA) is 102 Å². The van der Waals surface area contributed by atoms with Crippen LogP contribution >= 0.6 is 0 Å². The molecule has 0 spiro atoms. The molecule has 0 saturated carbocycles. The first-order chi connectivity index (χ1) is 7.43. The van der Waals surface area contributed by atoms with E-state index in [0.717, 1.165) is 10.7 Å². The zero-order valence-electron chi connectivity index (χ0n) is 9.18. The summed E-state index contributed by atoms with van der Waals surface area (Å²) in [6.45, 7) is 2.60. The number of nitrogens with two attached hydrogens (primary N) is 1. The van der Waals surface area contributed by atoms with Crippen molar-refractivity contribution in [2.24, 2.45) is 5.14 Å². The van der Waals surface area contributed by atoms with Crippen LogP contribution in [-0.4, -0.2) is 44.6 Å². The van der Waals surface area contributed by atoms with Crippen LogP contribution in [0.5, 0.6) is 0 Å². The van der Waals surface area contributed by atoms with Crippen LogP contribution in [0.15, 0.2) is 0 Å². The van der Waals surface area contributed by atoms with Gasteiger partial charge >= 0.3 is 6.09 Å². The van der Waals surface area contributed by atoms with Crippen LogP contribution in [0.1, 0.15) is 19.8 Å². The third-order valence-corrected chi connectivity index (χ3v) is 3.39. The van der Waals surface area contributed by atoms with Crippen molar-refractivity contribution in [1.82, 2.24) is 9.62 Å². The summed E-state index contributed by atoms with van der Waals surface area (Å²) >= 11 is 0. The summed E-state index contributed by atoms with van der Waals surface area (Å²) in [7, 11) is -3.67. The number of alkyl carbamates (subject to hydrolysis) is 1. The Labute approximate surface area is 95.1 Å². The highest BCUT2D eigenvalue weighted by molar-refractivity contribution is 7.86. The lowest BCUT2D eigenvalue weighted by atomic mass is 10.1. The second-order valence-electron chi connectivity index (χ2n) is 3.61. The number of hydrogen-bond acceptors (Lipinski definition) is 4. The van der Waals surface area contributed by atoms with Crippen molar-refractivity contribution in [2.45, 2.75) is 25.8 Å². The van der Waals surface area contributed by atoms with E-state index in [0.29, 0.717) is 13.0 Å². The number of nitrogens with zero attached hydrogens (tertiary/aromatic N) is 1. The number of ether oxygens (including phenoxy) is 1. The molecule has 0 bridgehead atoms. The van der Waals surface area contributed by atoms with Gasteiger partial charge in [-0.25, -0.2) is 9.93 Å². The molecule has 1 unspecified atom stereocenters. The van der Waals surface area contributed by atoms with Gasteiger partial charge in [-0.2, -0.15) is 12.7 Å². The Morgan fingerprint density at radius 1 is 1.62 bits per heavy atom. The lowest BCUT2D eigenvalue weighted by molar-refractivity contribution is 0.142. The first kappa shape index (κ1) is 13.2. The number of carbonyl (C=O) groups excluding carboxylic acids is 1. The Morgan fingerprint density at radius 3 is 2.88 bits per heavy atom. The maximum atomic E-state index is 11.1. The van der Waals surface area contributed by atoms with Crippen molar-refractivity contribution in [3.05, 3.63) is 0 Å². The average molecular weight is 251 g/mol. The standard InChI is InChI=1S/C8H17N3O4S/c1-2-15-8(12)10-7-4-3-5-11(6-7)16(9,13)14/h7H,2-6H2,1H3,(H,10,12)(H2,9,13,14). The molecule has 1 atom stereocenters. The summed E-state index contributed by atoms with van der Waals surface area (Å²) in [6, 6.07) is -0.230. The number of hydrogen-bond donors (Lipinski definition) is 2. The second-order valence-corrected chi connectivity index (χ2v) is 5.15. The third kappa shape index (κ3) is 3.95. The Morgan fingerprint density at radius 2 is 2.31 bits per heavy atom. The van der Waals surface area contributed by atoms with E-state index in [9.17, 15) is 13.2 Å². The van der Waals surface area contributed by atoms with E-state index in [-0.39, 0.29) is 19.2 Å². The zero-order chi connectivity index (χ0) is 12.2. The molecule has 94 valence electrons. The van der Waals surface area contributed by atoms with Gasteiger partial charge < -0.3 is 10.1 Å². The third-order valence-electron chi connectivity index (χ3n) is 2.34. The van der Waals surface area contributed by atoms with Crippen LogP contribution in [0.4, 0.5) is 4.79 Å². The molecule has 16 heavy (non-hydrogen) atoms. The van der Waals surface area contributed by atoms with E-state index < -0.39 is 16.3 Å². The fourth-order valence-corrected chi connectivity index (χ4v) is 2.40. The normalized spacial score (nSPS) is 22.8. The highest BCUT2D eigenvalue weighted by Crippen LogP contribution is 2.11. The second kappa shape index (κ2) is 5.46. The number of carbonyl (C=O) groups is 1. The first-order valence-electron chi connectivity index (χ1n) is 5.14. The molecular formula is C8H17N3O4S. The predicted octanol–water partition coefficient (Wildman–Crippen LogP) is -0.600. The van der Waals surface area contributed by atoms with Crippen molar-refractivity contribution in [2.75, 3.05) is 19.7 Å². The van der Waals surface area contributed by atoms with Crippen LogP contribution in [0.25, 0.3) is 0 Å². The zero-order valence-corrected chi connectivity index (χ0v) is 10.00. The minimum atomic E-state index is -3.67. The molecule has 1 rings (SSSR count). The fourth-order valence-electron chi connectivity index (χ4n) is 1.63. The number of amides is 1. The van der Waals surface area contributed by atoms with Crippen LogP contribution in [0.2, 0.25) is 0 Å². The van der Waals surface area contributed by atoms with Gasteiger partial charge in [0.2, 0.25) is 0 Å². The van der Waals surface area contributed by atoms with Crippen LogP contribution in [0.3, 0.4) is 0 Å². The van der Waals surface area contributed by atoms with E-state index in [1.54, 1.807) is 6.92 Å². The smallest absolute Gasteiger partial charge is 0.407 e. The first-order valence-corrected chi connectivity index (χ1v) is 6.65. The monoisotopic (exact) mass is 251 g/mol. The quantitative estimate of drug-likeness (QED) is 0.699. The summed E-state index contributed by atoms with van der Waals surface area (Å²) in [6.07, 6.45) is 0.877. The molecule has 1 aliphatic rings. The molecule has 1 heterocycles.